The van der Waals surface area contributed by atoms with Gasteiger partial charge in [0.15, 0.2) is 5.78 Å². The molecule has 0 amide bonds. The molecular weight excluding hydrogens is 284 g/mol. The van der Waals surface area contributed by atoms with Gasteiger partial charge in [0.1, 0.15) is 0 Å². The quantitative estimate of drug-likeness (QED) is 0.687. The highest BCUT2D eigenvalue weighted by molar-refractivity contribution is 6.10. The standard InChI is InChI=1S/C20H20N2O/c1-21-13-17(16-9-3-5-11-19(16)21)20(23)14-22-12-6-8-15-7-2-4-10-18(15)22/h2-5,7,9-11,13H,6,8,12,14H2,1H3. The number of hydrogen-bond donors (Lipinski definition) is 0. The molecule has 0 aliphatic carbocycles. The van der Waals surface area contributed by atoms with Crippen LogP contribution in [0.1, 0.15) is 22.3 Å². The highest BCUT2D eigenvalue weighted by Crippen LogP contribution is 2.27. The van der Waals surface area contributed by atoms with Gasteiger partial charge in [0.2, 0.25) is 0 Å². The van der Waals surface area contributed by atoms with Crippen molar-refractivity contribution in [2.75, 3.05) is 18.0 Å². The first kappa shape index (κ1) is 14.1. The van der Waals surface area contributed by atoms with E-state index in [1.807, 2.05) is 36.0 Å². The van der Waals surface area contributed by atoms with E-state index in [1.54, 1.807) is 0 Å². The van der Waals surface area contributed by atoms with Crippen molar-refractivity contribution in [3.05, 3.63) is 65.9 Å². The predicted molar refractivity (Wildman–Crippen MR) is 94.2 cm³/mol. The van der Waals surface area contributed by atoms with Gasteiger partial charge in [-0.25, -0.2) is 0 Å². The molecule has 1 aliphatic rings. The normalized spacial score (nSPS) is 14.0. The molecule has 1 aromatic heterocycles. The van der Waals surface area contributed by atoms with Crippen LogP contribution < -0.4 is 4.90 Å². The van der Waals surface area contributed by atoms with E-state index in [4.69, 9.17) is 0 Å². The lowest BCUT2D eigenvalue weighted by atomic mass is 10.0. The number of aromatic nitrogens is 1. The average molecular weight is 304 g/mol. The van der Waals surface area contributed by atoms with E-state index in [9.17, 15) is 4.79 Å². The third-order valence-corrected chi connectivity index (χ3v) is 4.74. The van der Waals surface area contributed by atoms with Crippen molar-refractivity contribution in [1.82, 2.24) is 4.57 Å². The Kier molecular flexibility index (Phi) is 3.41. The van der Waals surface area contributed by atoms with E-state index >= 15 is 0 Å². The van der Waals surface area contributed by atoms with Gasteiger partial charge < -0.3 is 9.47 Å². The SMILES string of the molecule is Cn1cc(C(=O)CN2CCCc3ccccc32)c2ccccc21. The summed E-state index contributed by atoms with van der Waals surface area (Å²) in [5, 5.41) is 1.05. The zero-order chi connectivity index (χ0) is 15.8. The molecular formula is C20H20N2O. The van der Waals surface area contributed by atoms with Crippen LogP contribution in [0.25, 0.3) is 10.9 Å². The summed E-state index contributed by atoms with van der Waals surface area (Å²) in [6, 6.07) is 16.5. The molecule has 0 radical (unpaired) electrons. The van der Waals surface area contributed by atoms with Gasteiger partial charge in [-0.3, -0.25) is 4.79 Å². The van der Waals surface area contributed by atoms with Gasteiger partial charge in [0.05, 0.1) is 6.54 Å². The van der Waals surface area contributed by atoms with Crippen LogP contribution in [0, 0.1) is 0 Å². The van der Waals surface area contributed by atoms with Crippen molar-refractivity contribution >= 4 is 22.4 Å². The van der Waals surface area contributed by atoms with Crippen molar-refractivity contribution in [1.29, 1.82) is 0 Å². The lowest BCUT2D eigenvalue weighted by molar-refractivity contribution is 0.1000. The van der Waals surface area contributed by atoms with Crippen LogP contribution in [0.15, 0.2) is 54.7 Å². The highest BCUT2D eigenvalue weighted by atomic mass is 16.1. The van der Waals surface area contributed by atoms with E-state index in [1.165, 1.54) is 11.3 Å². The second-order valence-corrected chi connectivity index (χ2v) is 6.25. The fraction of sp³-hybridized carbons (Fsp3) is 0.250. The zero-order valence-electron chi connectivity index (χ0n) is 13.3. The molecule has 2 heterocycles. The monoisotopic (exact) mass is 304 g/mol. The molecule has 0 fully saturated rings. The molecule has 3 heteroatoms. The molecule has 3 nitrogen and oxygen atoms in total. The van der Waals surface area contributed by atoms with Crippen molar-refractivity contribution in [2.45, 2.75) is 12.8 Å². The van der Waals surface area contributed by atoms with Crippen LogP contribution in [0.2, 0.25) is 0 Å². The maximum absolute atomic E-state index is 12.9. The molecule has 0 bridgehead atoms. The molecule has 0 unspecified atom stereocenters. The summed E-state index contributed by atoms with van der Waals surface area (Å²) in [4.78, 5) is 15.1. The molecule has 1 aliphatic heterocycles. The third kappa shape index (κ3) is 2.42. The lowest BCUT2D eigenvalue weighted by Gasteiger charge is -2.30. The lowest BCUT2D eigenvalue weighted by Crippen LogP contribution is -2.34. The van der Waals surface area contributed by atoms with Crippen LogP contribution in [0.4, 0.5) is 5.69 Å². The summed E-state index contributed by atoms with van der Waals surface area (Å²) >= 11 is 0. The number of aryl methyl sites for hydroxylation is 2. The summed E-state index contributed by atoms with van der Waals surface area (Å²) in [5.74, 6) is 0.193. The van der Waals surface area contributed by atoms with Crippen LogP contribution in [0.5, 0.6) is 0 Å². The number of ketones is 1. The molecule has 0 spiro atoms. The fourth-order valence-electron chi connectivity index (χ4n) is 3.60. The van der Waals surface area contributed by atoms with Gasteiger partial charge in [0, 0.05) is 41.9 Å². The highest BCUT2D eigenvalue weighted by Gasteiger charge is 2.21. The molecule has 0 N–H and O–H groups in total. The molecule has 0 atom stereocenters. The number of hydrogen-bond acceptors (Lipinski definition) is 2. The van der Waals surface area contributed by atoms with Crippen molar-refractivity contribution in [3.8, 4) is 0 Å². The van der Waals surface area contributed by atoms with E-state index in [-0.39, 0.29) is 5.78 Å². The van der Waals surface area contributed by atoms with Crippen molar-refractivity contribution in [2.24, 2.45) is 7.05 Å². The summed E-state index contributed by atoms with van der Waals surface area (Å²) < 4.78 is 2.03. The van der Waals surface area contributed by atoms with Crippen molar-refractivity contribution < 1.29 is 4.79 Å². The van der Waals surface area contributed by atoms with Crippen LogP contribution in [-0.2, 0) is 13.5 Å². The van der Waals surface area contributed by atoms with Crippen LogP contribution in [-0.4, -0.2) is 23.4 Å². The van der Waals surface area contributed by atoms with Crippen molar-refractivity contribution in [3.63, 3.8) is 0 Å². The van der Waals surface area contributed by atoms with E-state index in [2.05, 4.69) is 35.2 Å². The summed E-state index contributed by atoms with van der Waals surface area (Å²) in [6.45, 7) is 1.40. The summed E-state index contributed by atoms with van der Waals surface area (Å²) in [6.07, 6.45) is 4.18. The van der Waals surface area contributed by atoms with Gasteiger partial charge in [0.25, 0.3) is 0 Å². The van der Waals surface area contributed by atoms with Gasteiger partial charge in [-0.2, -0.15) is 0 Å². The Balaban J connectivity index is 1.66. The van der Waals surface area contributed by atoms with E-state index in [0.717, 1.165) is 35.9 Å². The molecule has 0 saturated heterocycles. The minimum atomic E-state index is 0.193. The molecule has 23 heavy (non-hydrogen) atoms. The zero-order valence-corrected chi connectivity index (χ0v) is 13.3. The van der Waals surface area contributed by atoms with Crippen LogP contribution >= 0.6 is 0 Å². The predicted octanol–water partition coefficient (Wildman–Crippen LogP) is 3.81. The number of nitrogens with zero attached hydrogens (tertiary/aromatic N) is 2. The van der Waals surface area contributed by atoms with Gasteiger partial charge in [-0.15, -0.1) is 0 Å². The number of carbonyl (C=O) groups excluding carboxylic acids is 1. The largest absolute Gasteiger partial charge is 0.364 e. The molecule has 2 aromatic carbocycles. The van der Waals surface area contributed by atoms with Gasteiger partial charge in [-0.1, -0.05) is 36.4 Å². The third-order valence-electron chi connectivity index (χ3n) is 4.74. The Morgan fingerprint density at radius 2 is 1.87 bits per heavy atom. The maximum Gasteiger partial charge on any atom is 0.184 e. The number of para-hydroxylation sites is 2. The summed E-state index contributed by atoms with van der Waals surface area (Å²) in [7, 11) is 2.00. The Bertz CT molecular complexity index is 878. The van der Waals surface area contributed by atoms with E-state index < -0.39 is 0 Å². The molecule has 3 aromatic rings. The number of benzene rings is 2. The second kappa shape index (κ2) is 5.58. The molecule has 0 saturated carbocycles. The average Bonchev–Trinajstić information content (AvgIpc) is 2.93. The molecule has 116 valence electrons. The summed E-state index contributed by atoms with van der Waals surface area (Å²) in [5.41, 5.74) is 4.50. The number of Topliss-reactive ketones (excluding diaryl/α,β-unsaturated/α-hetero) is 1. The smallest absolute Gasteiger partial charge is 0.184 e. The molecule has 4 rings (SSSR count). The Morgan fingerprint density at radius 3 is 2.78 bits per heavy atom. The fourth-order valence-corrected chi connectivity index (χ4v) is 3.60. The number of rotatable bonds is 3. The number of anilines is 1. The Hall–Kier alpha value is -2.55. The topological polar surface area (TPSA) is 25.2 Å². The number of carbonyl (C=O) groups is 1. The van der Waals surface area contributed by atoms with Crippen LogP contribution in [0.3, 0.4) is 0 Å². The first-order valence-electron chi connectivity index (χ1n) is 8.14. The minimum absolute atomic E-state index is 0.193. The number of fused-ring (bicyclic) bond motifs is 2. The second-order valence-electron chi connectivity index (χ2n) is 6.25. The first-order chi connectivity index (χ1) is 11.2. The van der Waals surface area contributed by atoms with Gasteiger partial charge in [-0.05, 0) is 30.5 Å². The minimum Gasteiger partial charge on any atom is -0.364 e. The Labute approximate surface area is 136 Å². The maximum atomic E-state index is 12.9. The Morgan fingerprint density at radius 1 is 1.09 bits per heavy atom. The van der Waals surface area contributed by atoms with E-state index in [0.29, 0.717) is 6.54 Å². The first-order valence-corrected chi connectivity index (χ1v) is 8.14. The van der Waals surface area contributed by atoms with Gasteiger partial charge >= 0.3 is 0 Å².